The summed E-state index contributed by atoms with van der Waals surface area (Å²) in [5.74, 6) is 0.639. The highest BCUT2D eigenvalue weighted by molar-refractivity contribution is 5.45. The summed E-state index contributed by atoms with van der Waals surface area (Å²) in [7, 11) is 3.74. The van der Waals surface area contributed by atoms with Crippen LogP contribution in [0.1, 0.15) is 30.4 Å². The first kappa shape index (κ1) is 17.7. The maximum atomic E-state index is 9.18. The van der Waals surface area contributed by atoms with Gasteiger partial charge in [-0.1, -0.05) is 6.07 Å². The number of ether oxygens (including phenoxy) is 1. The van der Waals surface area contributed by atoms with E-state index < -0.39 is 0 Å². The first-order chi connectivity index (χ1) is 11.2. The zero-order valence-electron chi connectivity index (χ0n) is 14.2. The van der Waals surface area contributed by atoms with Gasteiger partial charge in [-0.25, -0.2) is 0 Å². The Morgan fingerprint density at radius 2 is 2.13 bits per heavy atom. The van der Waals surface area contributed by atoms with Crippen molar-refractivity contribution in [2.24, 2.45) is 0 Å². The molecule has 0 bridgehead atoms. The van der Waals surface area contributed by atoms with Gasteiger partial charge in [0, 0.05) is 25.7 Å². The van der Waals surface area contributed by atoms with E-state index in [9.17, 15) is 5.26 Å². The molecule has 1 saturated heterocycles. The minimum Gasteiger partial charge on any atom is -0.495 e. The van der Waals surface area contributed by atoms with Gasteiger partial charge in [0.05, 0.1) is 12.7 Å². The van der Waals surface area contributed by atoms with E-state index >= 15 is 0 Å². The molecular formula is C18H27N3O2. The summed E-state index contributed by atoms with van der Waals surface area (Å²) in [6, 6.07) is 8.66. The summed E-state index contributed by atoms with van der Waals surface area (Å²) in [5.41, 5.74) is 1.76. The van der Waals surface area contributed by atoms with Crippen molar-refractivity contribution in [3.63, 3.8) is 0 Å². The van der Waals surface area contributed by atoms with Crippen LogP contribution in [0, 0.1) is 11.3 Å². The second kappa shape index (κ2) is 8.88. The van der Waals surface area contributed by atoms with E-state index in [1.807, 2.05) is 18.2 Å². The normalized spacial score (nSPS) is 16.5. The molecular weight excluding hydrogens is 290 g/mol. The smallest absolute Gasteiger partial charge is 0.136 e. The SMILES string of the molecule is COc1ccc(CN2CCC(N(C)CCCO)CC2)cc1C#N. The van der Waals surface area contributed by atoms with E-state index in [1.165, 1.54) is 0 Å². The molecule has 0 aliphatic carbocycles. The fraction of sp³-hybridized carbons (Fsp3) is 0.611. The number of nitrogens with zero attached hydrogens (tertiary/aromatic N) is 3. The van der Waals surface area contributed by atoms with E-state index in [0.29, 0.717) is 17.4 Å². The Kier molecular flexibility index (Phi) is 6.85. The molecule has 1 aliphatic rings. The quantitative estimate of drug-likeness (QED) is 0.831. The zero-order valence-corrected chi connectivity index (χ0v) is 14.2. The minimum atomic E-state index is 0.266. The van der Waals surface area contributed by atoms with Crippen LogP contribution in [0.25, 0.3) is 0 Å². The number of piperidine rings is 1. The number of nitriles is 1. The number of methoxy groups -OCH3 is 1. The maximum Gasteiger partial charge on any atom is 0.136 e. The maximum absolute atomic E-state index is 9.18. The Hall–Kier alpha value is -1.61. The lowest BCUT2D eigenvalue weighted by Crippen LogP contribution is -2.43. The molecule has 1 N–H and O–H groups in total. The summed E-state index contributed by atoms with van der Waals surface area (Å²) >= 11 is 0. The summed E-state index contributed by atoms with van der Waals surface area (Å²) < 4.78 is 5.19. The van der Waals surface area contributed by atoms with Crippen molar-refractivity contribution in [1.82, 2.24) is 9.80 Å². The molecule has 1 fully saturated rings. The van der Waals surface area contributed by atoms with Crippen molar-refractivity contribution in [1.29, 1.82) is 5.26 Å². The number of benzene rings is 1. The molecule has 0 aromatic heterocycles. The fourth-order valence-corrected chi connectivity index (χ4v) is 3.22. The van der Waals surface area contributed by atoms with Crippen LogP contribution >= 0.6 is 0 Å². The van der Waals surface area contributed by atoms with E-state index in [-0.39, 0.29) is 6.61 Å². The van der Waals surface area contributed by atoms with Gasteiger partial charge in [-0.15, -0.1) is 0 Å². The van der Waals surface area contributed by atoms with Crippen molar-refractivity contribution >= 4 is 0 Å². The van der Waals surface area contributed by atoms with Gasteiger partial charge in [0.25, 0.3) is 0 Å². The van der Waals surface area contributed by atoms with Crippen molar-refractivity contribution in [3.05, 3.63) is 29.3 Å². The molecule has 126 valence electrons. The molecule has 1 heterocycles. The summed E-state index contributed by atoms with van der Waals surface area (Å²) in [6.45, 7) is 4.25. The van der Waals surface area contributed by atoms with Crippen LogP contribution in [0.5, 0.6) is 5.75 Å². The van der Waals surface area contributed by atoms with Crippen LogP contribution in [-0.2, 0) is 6.54 Å². The van der Waals surface area contributed by atoms with Crippen LogP contribution in [-0.4, -0.2) is 61.3 Å². The zero-order chi connectivity index (χ0) is 16.7. The van der Waals surface area contributed by atoms with Gasteiger partial charge in [0.2, 0.25) is 0 Å². The number of hydrogen-bond donors (Lipinski definition) is 1. The molecule has 0 atom stereocenters. The highest BCUT2D eigenvalue weighted by Gasteiger charge is 2.22. The Bertz CT molecular complexity index is 534. The summed E-state index contributed by atoms with van der Waals surface area (Å²) in [6.07, 6.45) is 3.16. The summed E-state index contributed by atoms with van der Waals surface area (Å²) in [5, 5.41) is 18.1. The predicted octanol–water partition coefficient (Wildman–Crippen LogP) is 1.85. The molecule has 2 rings (SSSR count). The fourth-order valence-electron chi connectivity index (χ4n) is 3.22. The van der Waals surface area contributed by atoms with Gasteiger partial charge in [-0.2, -0.15) is 5.26 Å². The van der Waals surface area contributed by atoms with Crippen molar-refractivity contribution in [2.45, 2.75) is 31.8 Å². The molecule has 0 unspecified atom stereocenters. The summed E-state index contributed by atoms with van der Waals surface area (Å²) in [4.78, 5) is 4.81. The van der Waals surface area contributed by atoms with E-state index in [1.54, 1.807) is 7.11 Å². The number of rotatable bonds is 7. The van der Waals surface area contributed by atoms with Gasteiger partial charge in [0.15, 0.2) is 0 Å². The van der Waals surface area contributed by atoms with Crippen LogP contribution in [0.15, 0.2) is 18.2 Å². The van der Waals surface area contributed by atoms with E-state index in [0.717, 1.165) is 51.0 Å². The molecule has 5 nitrogen and oxygen atoms in total. The van der Waals surface area contributed by atoms with Gasteiger partial charge in [-0.3, -0.25) is 4.90 Å². The van der Waals surface area contributed by atoms with Crippen LogP contribution in [0.4, 0.5) is 0 Å². The van der Waals surface area contributed by atoms with Crippen LogP contribution in [0.2, 0.25) is 0 Å². The molecule has 1 aromatic rings. The van der Waals surface area contributed by atoms with Gasteiger partial charge in [0.1, 0.15) is 11.8 Å². The van der Waals surface area contributed by atoms with Gasteiger partial charge < -0.3 is 14.7 Å². The third kappa shape index (κ3) is 4.93. The molecule has 1 aliphatic heterocycles. The second-order valence-electron chi connectivity index (χ2n) is 6.21. The number of likely N-dealkylation sites (tertiary alicyclic amines) is 1. The first-order valence-electron chi connectivity index (χ1n) is 8.28. The van der Waals surface area contributed by atoms with Crippen molar-refractivity contribution < 1.29 is 9.84 Å². The molecule has 23 heavy (non-hydrogen) atoms. The predicted molar refractivity (Wildman–Crippen MR) is 90.3 cm³/mol. The lowest BCUT2D eigenvalue weighted by atomic mass is 10.0. The molecule has 0 saturated carbocycles. The Morgan fingerprint density at radius 1 is 1.39 bits per heavy atom. The lowest BCUT2D eigenvalue weighted by molar-refractivity contribution is 0.117. The highest BCUT2D eigenvalue weighted by atomic mass is 16.5. The third-order valence-electron chi connectivity index (χ3n) is 4.64. The monoisotopic (exact) mass is 317 g/mol. The van der Waals surface area contributed by atoms with Crippen molar-refractivity contribution in [3.8, 4) is 11.8 Å². The first-order valence-corrected chi connectivity index (χ1v) is 8.28. The standard InChI is InChI=1S/C18H27N3O2/c1-20(8-3-11-22)17-6-9-21(10-7-17)14-15-4-5-18(23-2)16(12-15)13-19/h4-5,12,17,22H,3,6-11,14H2,1-2H3. The Morgan fingerprint density at radius 3 is 2.74 bits per heavy atom. The largest absolute Gasteiger partial charge is 0.495 e. The second-order valence-corrected chi connectivity index (χ2v) is 6.21. The Labute approximate surface area is 139 Å². The molecule has 0 amide bonds. The van der Waals surface area contributed by atoms with Gasteiger partial charge in [-0.05, 0) is 57.1 Å². The van der Waals surface area contributed by atoms with Crippen LogP contribution in [0.3, 0.4) is 0 Å². The number of aliphatic hydroxyl groups excluding tert-OH is 1. The Balaban J connectivity index is 1.86. The average Bonchev–Trinajstić information content (AvgIpc) is 2.60. The molecule has 1 aromatic carbocycles. The highest BCUT2D eigenvalue weighted by Crippen LogP contribution is 2.22. The lowest BCUT2D eigenvalue weighted by Gasteiger charge is -2.36. The van der Waals surface area contributed by atoms with Gasteiger partial charge >= 0.3 is 0 Å². The molecule has 5 heteroatoms. The van der Waals surface area contributed by atoms with E-state index in [4.69, 9.17) is 9.84 Å². The molecule has 0 spiro atoms. The minimum absolute atomic E-state index is 0.266. The van der Waals surface area contributed by atoms with Crippen LogP contribution < -0.4 is 4.74 Å². The van der Waals surface area contributed by atoms with E-state index in [2.05, 4.69) is 22.9 Å². The van der Waals surface area contributed by atoms with Crippen molar-refractivity contribution in [2.75, 3.05) is 40.4 Å². The number of hydrogen-bond acceptors (Lipinski definition) is 5. The number of aliphatic hydroxyl groups is 1. The average molecular weight is 317 g/mol. The molecule has 0 radical (unpaired) electrons. The third-order valence-corrected chi connectivity index (χ3v) is 4.64. The topological polar surface area (TPSA) is 59.7 Å².